The van der Waals surface area contributed by atoms with Crippen molar-refractivity contribution in [2.45, 2.75) is 28.8 Å². The van der Waals surface area contributed by atoms with Gasteiger partial charge in [0.2, 0.25) is 11.8 Å². The summed E-state index contributed by atoms with van der Waals surface area (Å²) in [6.07, 6.45) is 0.0122. The number of ether oxygens (including phenoxy) is 1. The Hall–Kier alpha value is -4.00. The number of benzene rings is 4. The van der Waals surface area contributed by atoms with Gasteiger partial charge in [-0.2, -0.15) is 0 Å². The van der Waals surface area contributed by atoms with E-state index in [1.807, 2.05) is 54.6 Å². The molecule has 0 saturated carbocycles. The van der Waals surface area contributed by atoms with Gasteiger partial charge in [0.15, 0.2) is 0 Å². The van der Waals surface area contributed by atoms with Gasteiger partial charge in [0.1, 0.15) is 28.2 Å². The third-order valence-electron chi connectivity index (χ3n) is 8.80. The lowest BCUT2D eigenvalue weighted by Crippen LogP contribution is -2.57. The third-order valence-corrected chi connectivity index (χ3v) is 10.1. The number of esters is 1. The first kappa shape index (κ1) is 26.9. The summed E-state index contributed by atoms with van der Waals surface area (Å²) in [5, 5.41) is 0. The Bertz CT molecular complexity index is 1640. The van der Waals surface area contributed by atoms with Gasteiger partial charge in [0.25, 0.3) is 0 Å². The van der Waals surface area contributed by atoms with E-state index >= 15 is 0 Å². The minimum absolute atomic E-state index is 0.0122. The highest BCUT2D eigenvalue weighted by Gasteiger charge is 2.73. The van der Waals surface area contributed by atoms with Crippen molar-refractivity contribution in [1.29, 1.82) is 0 Å². The predicted molar refractivity (Wildman–Crippen MR) is 155 cm³/mol. The van der Waals surface area contributed by atoms with Gasteiger partial charge in [0, 0.05) is 12.0 Å². The fraction of sp³-hybridized carbons (Fsp3) is 0.206. The van der Waals surface area contributed by atoms with Crippen LogP contribution < -0.4 is 0 Å². The summed E-state index contributed by atoms with van der Waals surface area (Å²) in [4.78, 5) is 40.9. The summed E-state index contributed by atoms with van der Waals surface area (Å²) in [5.74, 6) is -4.62. The zero-order valence-corrected chi connectivity index (χ0v) is 23.7. The lowest BCUT2D eigenvalue weighted by atomic mass is 9.54. The number of carbonyl (C=O) groups is 3. The number of amides is 2. The molecule has 0 unspecified atom stereocenters. The number of likely N-dealkylation sites (tertiary alicyclic amines) is 1. The van der Waals surface area contributed by atoms with Crippen LogP contribution in [0.15, 0.2) is 103 Å². The van der Waals surface area contributed by atoms with Crippen LogP contribution in [0.25, 0.3) is 0 Å². The monoisotopic (exact) mass is 599 g/mol. The minimum atomic E-state index is -1.37. The van der Waals surface area contributed by atoms with Crippen molar-refractivity contribution in [1.82, 2.24) is 4.90 Å². The molecule has 0 spiro atoms. The molecule has 210 valence electrons. The van der Waals surface area contributed by atoms with Gasteiger partial charge < -0.3 is 4.74 Å². The summed E-state index contributed by atoms with van der Waals surface area (Å²) in [5.41, 5.74) is 3.59. The molecule has 8 rings (SSSR count). The normalized spacial score (nSPS) is 25.9. The molecule has 4 aromatic rings. The average Bonchev–Trinajstić information content (AvgIpc) is 3.29. The highest BCUT2D eigenvalue weighted by molar-refractivity contribution is 6.36. The van der Waals surface area contributed by atoms with Gasteiger partial charge >= 0.3 is 5.97 Å². The second-order valence-corrected chi connectivity index (χ2v) is 12.1. The third kappa shape index (κ3) is 3.64. The molecule has 0 radical (unpaired) electrons. The summed E-state index contributed by atoms with van der Waals surface area (Å²) < 4.78 is 19.9. The summed E-state index contributed by atoms with van der Waals surface area (Å²) >= 11 is 15.1. The molecule has 4 aromatic carbocycles. The van der Waals surface area contributed by atoms with Gasteiger partial charge in [-0.05, 0) is 33.9 Å². The fourth-order valence-corrected chi connectivity index (χ4v) is 8.07. The topological polar surface area (TPSA) is 63.7 Å². The molecule has 3 atom stereocenters. The molecule has 0 N–H and O–H groups in total. The van der Waals surface area contributed by atoms with Crippen LogP contribution in [0.4, 0.5) is 4.39 Å². The highest BCUT2D eigenvalue weighted by Crippen LogP contribution is 2.69. The summed E-state index contributed by atoms with van der Waals surface area (Å²) in [6.45, 7) is -0.352. The van der Waals surface area contributed by atoms with Crippen LogP contribution in [0, 0.1) is 17.7 Å². The van der Waals surface area contributed by atoms with E-state index in [-0.39, 0.29) is 18.6 Å². The number of hydrogen-bond acceptors (Lipinski definition) is 4. The van der Waals surface area contributed by atoms with E-state index < -0.39 is 51.2 Å². The Morgan fingerprint density at radius 2 is 1.19 bits per heavy atom. The van der Waals surface area contributed by atoms with Crippen molar-refractivity contribution < 1.29 is 23.5 Å². The molecule has 2 bridgehead atoms. The Labute approximate surface area is 251 Å². The molecule has 3 aliphatic carbocycles. The summed E-state index contributed by atoms with van der Waals surface area (Å²) in [7, 11) is 0. The second kappa shape index (κ2) is 9.79. The number of carbonyl (C=O) groups excluding carboxylic acids is 3. The molecule has 1 saturated heterocycles. The van der Waals surface area contributed by atoms with Crippen molar-refractivity contribution in [2.75, 3.05) is 0 Å². The van der Waals surface area contributed by atoms with E-state index in [1.54, 1.807) is 30.3 Å². The number of imide groups is 1. The lowest BCUT2D eigenvalue weighted by Gasteiger charge is -2.54. The predicted octanol–water partition coefficient (Wildman–Crippen LogP) is 6.07. The number of halogens is 3. The van der Waals surface area contributed by atoms with Gasteiger partial charge in [-0.25, -0.2) is 9.18 Å². The molecule has 42 heavy (non-hydrogen) atoms. The van der Waals surface area contributed by atoms with Crippen molar-refractivity contribution in [3.8, 4) is 0 Å². The summed E-state index contributed by atoms with van der Waals surface area (Å²) in [6, 6.07) is 28.4. The second-order valence-electron chi connectivity index (χ2n) is 10.9. The molecular weight excluding hydrogens is 576 g/mol. The maximum Gasteiger partial charge on any atom is 0.330 e. The minimum Gasteiger partial charge on any atom is -0.459 e. The van der Waals surface area contributed by atoms with Crippen molar-refractivity contribution in [3.63, 3.8) is 0 Å². The maximum absolute atomic E-state index is 14.5. The van der Waals surface area contributed by atoms with Gasteiger partial charge in [-0.1, -0.05) is 97.1 Å². The van der Waals surface area contributed by atoms with Gasteiger partial charge in [-0.15, -0.1) is 23.2 Å². The Morgan fingerprint density at radius 3 is 1.69 bits per heavy atom. The molecule has 1 aliphatic heterocycles. The zero-order valence-electron chi connectivity index (χ0n) is 22.2. The van der Waals surface area contributed by atoms with Crippen LogP contribution in [0.1, 0.15) is 33.4 Å². The van der Waals surface area contributed by atoms with Crippen LogP contribution in [0.3, 0.4) is 0 Å². The van der Waals surface area contributed by atoms with E-state index in [1.165, 1.54) is 18.2 Å². The first-order valence-electron chi connectivity index (χ1n) is 13.7. The Kier molecular flexibility index (Phi) is 6.26. The van der Waals surface area contributed by atoms with Crippen LogP contribution >= 0.6 is 23.2 Å². The zero-order chi connectivity index (χ0) is 29.2. The number of hydrogen-bond donors (Lipinski definition) is 0. The number of rotatable bonds is 6. The van der Waals surface area contributed by atoms with Crippen LogP contribution in [-0.2, 0) is 41.9 Å². The smallest absolute Gasteiger partial charge is 0.330 e. The first-order chi connectivity index (χ1) is 20.3. The number of nitrogens with zero attached hydrogens (tertiary/aromatic N) is 1. The molecule has 1 fully saturated rings. The molecule has 8 heteroatoms. The molecule has 4 aliphatic rings. The number of alkyl halides is 2. The molecule has 2 amide bonds. The van der Waals surface area contributed by atoms with Crippen molar-refractivity contribution in [2.24, 2.45) is 11.8 Å². The molecule has 5 nitrogen and oxygen atoms in total. The lowest BCUT2D eigenvalue weighted by molar-refractivity contribution is -0.160. The van der Waals surface area contributed by atoms with E-state index in [9.17, 15) is 18.8 Å². The Morgan fingerprint density at radius 1 is 0.738 bits per heavy atom. The largest absolute Gasteiger partial charge is 0.459 e. The van der Waals surface area contributed by atoms with E-state index in [0.717, 1.165) is 10.5 Å². The van der Waals surface area contributed by atoms with Crippen LogP contribution in [-0.4, -0.2) is 28.7 Å². The van der Waals surface area contributed by atoms with Crippen molar-refractivity contribution >= 4 is 41.0 Å². The molecule has 1 heterocycles. The van der Waals surface area contributed by atoms with E-state index in [0.29, 0.717) is 22.3 Å². The molecular formula is C34H24Cl2FNO4. The fourth-order valence-electron chi connectivity index (χ4n) is 6.97. The van der Waals surface area contributed by atoms with E-state index in [2.05, 4.69) is 0 Å². The quantitative estimate of drug-likeness (QED) is 0.153. The molecule has 0 aromatic heterocycles. The van der Waals surface area contributed by atoms with Crippen LogP contribution in [0.5, 0.6) is 0 Å². The first-order valence-corrected chi connectivity index (χ1v) is 14.4. The average molecular weight is 600 g/mol. The SMILES string of the molecule is O=C(OCc1ccccc1F)[C@H](Cc1ccccc1)N1C(=O)[C@@H]2[C@H](C1=O)C1(Cl)c3ccccc3C2(Cl)c2ccccc21. The van der Waals surface area contributed by atoms with Gasteiger partial charge in [-0.3, -0.25) is 14.5 Å². The van der Waals surface area contributed by atoms with Gasteiger partial charge in [0.05, 0.1) is 11.8 Å². The Balaban J connectivity index is 1.33. The van der Waals surface area contributed by atoms with E-state index in [4.69, 9.17) is 27.9 Å². The standard InChI is InChI=1S/C34H24Cl2FNO4/c35-33-22-13-5-6-14-23(22)34(36,25-16-8-7-15-24(25)33)29-28(33)30(39)38(31(29)40)27(18-20-10-2-1-3-11-20)32(41)42-19-21-12-4-9-17-26(21)37/h1-17,27-29H,18-19H2/t27-,28-,29+,33?,34?/m0/s1. The highest BCUT2D eigenvalue weighted by atomic mass is 35.5. The van der Waals surface area contributed by atoms with Crippen LogP contribution in [0.2, 0.25) is 0 Å². The van der Waals surface area contributed by atoms with Crippen molar-refractivity contribution in [3.05, 3.63) is 142 Å². The maximum atomic E-state index is 14.5.